The Labute approximate surface area is 89.4 Å². The van der Waals surface area contributed by atoms with Crippen molar-refractivity contribution in [2.45, 2.75) is 40.5 Å². The minimum atomic E-state index is 0.409. The van der Waals surface area contributed by atoms with Crippen molar-refractivity contribution in [3.8, 4) is 0 Å². The highest BCUT2D eigenvalue weighted by molar-refractivity contribution is 4.84. The topological polar surface area (TPSA) is 21.3 Å². The van der Waals surface area contributed by atoms with Crippen LogP contribution in [0.15, 0.2) is 0 Å². The molecule has 1 N–H and O–H groups in total. The Morgan fingerprint density at radius 3 is 2.14 bits per heavy atom. The highest BCUT2D eigenvalue weighted by Crippen LogP contribution is 2.34. The Hall–Kier alpha value is -0.0800. The molecule has 0 saturated carbocycles. The second kappa shape index (κ2) is 7.24. The first-order chi connectivity index (χ1) is 6.66. The molecule has 0 bridgehead atoms. The molecule has 2 heteroatoms. The zero-order valence-corrected chi connectivity index (χ0v) is 10.5. The average Bonchev–Trinajstić information content (AvgIpc) is 2.21. The maximum atomic E-state index is 5.27. The van der Waals surface area contributed by atoms with Gasteiger partial charge in [0.1, 0.15) is 0 Å². The lowest BCUT2D eigenvalue weighted by atomic mass is 9.72. The minimum Gasteiger partial charge on any atom is -0.384 e. The summed E-state index contributed by atoms with van der Waals surface area (Å²) in [5, 5.41) is 3.47. The zero-order valence-electron chi connectivity index (χ0n) is 10.5. The Morgan fingerprint density at radius 2 is 1.79 bits per heavy atom. The van der Waals surface area contributed by atoms with Crippen molar-refractivity contribution in [2.75, 3.05) is 26.8 Å². The molecule has 2 nitrogen and oxygen atoms in total. The van der Waals surface area contributed by atoms with Crippen LogP contribution in [-0.2, 0) is 4.74 Å². The Morgan fingerprint density at radius 1 is 1.21 bits per heavy atom. The van der Waals surface area contributed by atoms with Crippen molar-refractivity contribution < 1.29 is 4.74 Å². The van der Waals surface area contributed by atoms with Crippen LogP contribution in [0.1, 0.15) is 40.5 Å². The van der Waals surface area contributed by atoms with Crippen molar-refractivity contribution in [3.05, 3.63) is 0 Å². The molecular formula is C12H27NO. The summed E-state index contributed by atoms with van der Waals surface area (Å²) in [6, 6.07) is 0. The van der Waals surface area contributed by atoms with E-state index in [2.05, 4.69) is 33.0 Å². The van der Waals surface area contributed by atoms with Gasteiger partial charge in [0.2, 0.25) is 0 Å². The Bertz CT molecular complexity index is 132. The van der Waals surface area contributed by atoms with Gasteiger partial charge in [-0.1, -0.05) is 27.7 Å². The number of methoxy groups -OCH3 is 1. The predicted octanol–water partition coefficient (Wildman–Crippen LogP) is 2.68. The third kappa shape index (κ3) is 3.58. The van der Waals surface area contributed by atoms with E-state index in [4.69, 9.17) is 4.74 Å². The minimum absolute atomic E-state index is 0.409. The summed E-state index contributed by atoms with van der Waals surface area (Å²) in [6.45, 7) is 12.1. The van der Waals surface area contributed by atoms with Crippen LogP contribution in [0, 0.1) is 11.3 Å². The molecule has 0 fully saturated rings. The van der Waals surface area contributed by atoms with Gasteiger partial charge in [0.15, 0.2) is 0 Å². The third-order valence-corrected chi connectivity index (χ3v) is 3.60. The molecule has 0 rings (SSSR count). The second-order valence-corrected chi connectivity index (χ2v) is 4.21. The molecule has 0 aliphatic carbocycles. The van der Waals surface area contributed by atoms with Gasteiger partial charge in [-0.15, -0.1) is 0 Å². The fourth-order valence-electron chi connectivity index (χ4n) is 2.17. The number of hydrogen-bond donors (Lipinski definition) is 1. The van der Waals surface area contributed by atoms with E-state index in [1.165, 1.54) is 12.8 Å². The number of rotatable bonds is 8. The molecule has 14 heavy (non-hydrogen) atoms. The summed E-state index contributed by atoms with van der Waals surface area (Å²) >= 11 is 0. The van der Waals surface area contributed by atoms with Crippen molar-refractivity contribution in [1.82, 2.24) is 5.32 Å². The molecule has 0 aliphatic heterocycles. The number of ether oxygens (including phenoxy) is 1. The normalized spacial score (nSPS) is 14.4. The Balaban J connectivity index is 4.33. The van der Waals surface area contributed by atoms with E-state index in [1.54, 1.807) is 7.11 Å². The molecule has 0 amide bonds. The molecule has 0 saturated heterocycles. The lowest BCUT2D eigenvalue weighted by molar-refractivity contribution is 0.0624. The van der Waals surface area contributed by atoms with Gasteiger partial charge < -0.3 is 10.1 Å². The first-order valence-electron chi connectivity index (χ1n) is 5.86. The monoisotopic (exact) mass is 201 g/mol. The van der Waals surface area contributed by atoms with Crippen LogP contribution >= 0.6 is 0 Å². The predicted molar refractivity (Wildman–Crippen MR) is 62.6 cm³/mol. The largest absolute Gasteiger partial charge is 0.384 e. The van der Waals surface area contributed by atoms with Gasteiger partial charge in [-0.25, -0.2) is 0 Å². The van der Waals surface area contributed by atoms with Crippen LogP contribution in [0.4, 0.5) is 0 Å². The van der Waals surface area contributed by atoms with Gasteiger partial charge in [-0.05, 0) is 30.7 Å². The van der Waals surface area contributed by atoms with E-state index in [1.807, 2.05) is 0 Å². The summed E-state index contributed by atoms with van der Waals surface area (Å²) in [5.41, 5.74) is 0.409. The SMILES string of the molecule is CCNCC(CC)(CC)C(C)COC. The number of nitrogens with one attached hydrogen (secondary N) is 1. The van der Waals surface area contributed by atoms with Crippen LogP contribution < -0.4 is 5.32 Å². The first-order valence-corrected chi connectivity index (χ1v) is 5.86. The second-order valence-electron chi connectivity index (χ2n) is 4.21. The molecule has 0 aliphatic rings. The maximum Gasteiger partial charge on any atom is 0.0493 e. The van der Waals surface area contributed by atoms with Gasteiger partial charge in [-0.3, -0.25) is 0 Å². The van der Waals surface area contributed by atoms with E-state index in [0.717, 1.165) is 19.7 Å². The standard InChI is InChI=1S/C12H27NO/c1-6-12(7-2,10-13-8-3)11(4)9-14-5/h11,13H,6-10H2,1-5H3. The molecule has 0 spiro atoms. The lowest BCUT2D eigenvalue weighted by Crippen LogP contribution is -2.40. The third-order valence-electron chi connectivity index (χ3n) is 3.60. The molecule has 0 aromatic heterocycles. The van der Waals surface area contributed by atoms with Crippen molar-refractivity contribution in [1.29, 1.82) is 0 Å². The molecule has 0 aromatic rings. The average molecular weight is 201 g/mol. The highest BCUT2D eigenvalue weighted by atomic mass is 16.5. The molecule has 1 unspecified atom stereocenters. The van der Waals surface area contributed by atoms with Crippen molar-refractivity contribution in [2.24, 2.45) is 11.3 Å². The van der Waals surface area contributed by atoms with Gasteiger partial charge in [0.25, 0.3) is 0 Å². The Kier molecular flexibility index (Phi) is 7.20. The van der Waals surface area contributed by atoms with Crippen LogP contribution in [0.3, 0.4) is 0 Å². The van der Waals surface area contributed by atoms with Crippen LogP contribution in [-0.4, -0.2) is 26.8 Å². The van der Waals surface area contributed by atoms with Crippen LogP contribution in [0.2, 0.25) is 0 Å². The molecule has 0 radical (unpaired) electrons. The molecule has 0 heterocycles. The molecule has 1 atom stereocenters. The fourth-order valence-corrected chi connectivity index (χ4v) is 2.17. The smallest absolute Gasteiger partial charge is 0.0493 e. The summed E-state index contributed by atoms with van der Waals surface area (Å²) < 4.78 is 5.27. The van der Waals surface area contributed by atoms with Gasteiger partial charge in [-0.2, -0.15) is 0 Å². The van der Waals surface area contributed by atoms with E-state index in [9.17, 15) is 0 Å². The summed E-state index contributed by atoms with van der Waals surface area (Å²) in [6.07, 6.45) is 2.45. The summed E-state index contributed by atoms with van der Waals surface area (Å²) in [5.74, 6) is 0.626. The maximum absolute atomic E-state index is 5.27. The van der Waals surface area contributed by atoms with E-state index < -0.39 is 0 Å². The van der Waals surface area contributed by atoms with Crippen molar-refractivity contribution >= 4 is 0 Å². The van der Waals surface area contributed by atoms with Gasteiger partial charge >= 0.3 is 0 Å². The molecule has 0 aromatic carbocycles. The first kappa shape index (κ1) is 13.9. The molecule has 86 valence electrons. The summed E-state index contributed by atoms with van der Waals surface area (Å²) in [7, 11) is 1.79. The summed E-state index contributed by atoms with van der Waals surface area (Å²) in [4.78, 5) is 0. The van der Waals surface area contributed by atoms with E-state index >= 15 is 0 Å². The van der Waals surface area contributed by atoms with E-state index in [0.29, 0.717) is 11.3 Å². The quantitative estimate of drug-likeness (QED) is 0.652. The van der Waals surface area contributed by atoms with Gasteiger partial charge in [0, 0.05) is 20.3 Å². The van der Waals surface area contributed by atoms with Gasteiger partial charge in [0.05, 0.1) is 0 Å². The number of hydrogen-bond acceptors (Lipinski definition) is 2. The van der Waals surface area contributed by atoms with Crippen LogP contribution in [0.25, 0.3) is 0 Å². The van der Waals surface area contributed by atoms with Crippen LogP contribution in [0.5, 0.6) is 0 Å². The highest BCUT2D eigenvalue weighted by Gasteiger charge is 2.31. The molecular weight excluding hydrogens is 174 g/mol. The zero-order chi connectivity index (χ0) is 11.0. The fraction of sp³-hybridized carbons (Fsp3) is 1.00. The lowest BCUT2D eigenvalue weighted by Gasteiger charge is -2.37. The van der Waals surface area contributed by atoms with Crippen molar-refractivity contribution in [3.63, 3.8) is 0 Å². The van der Waals surface area contributed by atoms with E-state index in [-0.39, 0.29) is 0 Å².